The minimum absolute atomic E-state index is 0.507. The first kappa shape index (κ1) is 44.2. The van der Waals surface area contributed by atoms with Gasteiger partial charge in [0, 0.05) is 65.2 Å². The van der Waals surface area contributed by atoms with Crippen molar-refractivity contribution in [3.05, 3.63) is 204 Å². The second-order valence-electron chi connectivity index (χ2n) is 21.6. The highest BCUT2D eigenvalue weighted by Crippen LogP contribution is 2.53. The van der Waals surface area contributed by atoms with Gasteiger partial charge in [0.05, 0.1) is 22.7 Å². The number of hydrogen-bond acceptors (Lipinski definition) is 5. The fourth-order valence-electron chi connectivity index (χ4n) is 13.6. The molecule has 0 spiro atoms. The summed E-state index contributed by atoms with van der Waals surface area (Å²) < 4.78 is 21.9. The summed E-state index contributed by atoms with van der Waals surface area (Å²) in [6.45, 7) is 4.43. The highest BCUT2D eigenvalue weighted by molar-refractivity contribution is 6.26. The van der Waals surface area contributed by atoms with E-state index in [0.29, 0.717) is 11.8 Å². The van der Waals surface area contributed by atoms with E-state index in [1.54, 1.807) is 0 Å². The van der Waals surface area contributed by atoms with Crippen LogP contribution in [-0.2, 0) is 0 Å². The van der Waals surface area contributed by atoms with E-state index in [-0.39, 0.29) is 0 Å². The average Bonchev–Trinajstić information content (AvgIpc) is 4.21. The Bertz CT molecular complexity index is 4110. The van der Waals surface area contributed by atoms with Gasteiger partial charge in [0.1, 0.15) is 22.3 Å². The van der Waals surface area contributed by atoms with Crippen LogP contribution >= 0.6 is 0 Å². The van der Waals surface area contributed by atoms with Crippen LogP contribution in [0.25, 0.3) is 87.4 Å². The molecule has 0 saturated heterocycles. The van der Waals surface area contributed by atoms with E-state index < -0.39 is 0 Å². The van der Waals surface area contributed by atoms with Gasteiger partial charge in [-0.15, -0.1) is 0 Å². The zero-order valence-corrected chi connectivity index (χ0v) is 42.7. The van der Waals surface area contributed by atoms with Gasteiger partial charge in [0.15, 0.2) is 11.2 Å². The van der Waals surface area contributed by atoms with E-state index in [9.17, 15) is 0 Å². The van der Waals surface area contributed by atoms with Gasteiger partial charge in [-0.25, -0.2) is 0 Å². The lowest BCUT2D eigenvalue weighted by Gasteiger charge is -2.29. The second-order valence-corrected chi connectivity index (χ2v) is 21.6. The van der Waals surface area contributed by atoms with Crippen molar-refractivity contribution in [3.8, 4) is 0 Å². The fraction of sp³-hybridized carbons (Fsp3) is 0.200. The van der Waals surface area contributed by atoms with Crippen molar-refractivity contribution in [1.29, 1.82) is 0 Å². The summed E-state index contributed by atoms with van der Waals surface area (Å²) in [7, 11) is 0. The van der Waals surface area contributed by atoms with Crippen molar-refractivity contribution in [2.75, 3.05) is 9.80 Å². The number of benzene rings is 10. The number of para-hydroxylation sites is 6. The molecule has 0 N–H and O–H groups in total. The largest absolute Gasteiger partial charge is 0.455 e. The Morgan fingerprint density at radius 1 is 0.280 bits per heavy atom. The highest BCUT2D eigenvalue weighted by Gasteiger charge is 2.30. The van der Waals surface area contributed by atoms with Gasteiger partial charge in [0.2, 0.25) is 0 Å². The normalized spacial score (nSPS) is 15.0. The third-order valence-electron chi connectivity index (χ3n) is 17.3. The van der Waals surface area contributed by atoms with E-state index in [2.05, 4.69) is 206 Å². The van der Waals surface area contributed by atoms with E-state index in [1.807, 2.05) is 0 Å². The van der Waals surface area contributed by atoms with Crippen LogP contribution in [0.2, 0.25) is 0 Å². The molecular weight excluding hydrogens is 917 g/mol. The minimum Gasteiger partial charge on any atom is -0.455 e. The molecule has 2 saturated carbocycles. The Kier molecular flexibility index (Phi) is 10.4. The first-order valence-electron chi connectivity index (χ1n) is 27.5. The Balaban J connectivity index is 1.00. The molecule has 10 aromatic carbocycles. The molecule has 0 amide bonds. The molecule has 0 radical (unpaired) electrons. The topological polar surface area (TPSA) is 45.9 Å². The summed E-state index contributed by atoms with van der Waals surface area (Å²) in [6.07, 6.45) is 12.5. The average molecular weight is 975 g/mol. The number of fused-ring (bicyclic) bond motifs is 13. The lowest BCUT2D eigenvalue weighted by Crippen LogP contribution is -2.12. The van der Waals surface area contributed by atoms with E-state index in [4.69, 9.17) is 13.3 Å². The molecule has 3 heterocycles. The zero-order chi connectivity index (χ0) is 49.7. The molecule has 0 atom stereocenters. The maximum absolute atomic E-state index is 7.31. The van der Waals surface area contributed by atoms with Gasteiger partial charge in [-0.05, 0) is 110 Å². The predicted molar refractivity (Wildman–Crippen MR) is 314 cm³/mol. The number of nitrogens with zero attached hydrogens (tertiary/aromatic N) is 2. The molecule has 2 aliphatic rings. The highest BCUT2D eigenvalue weighted by atomic mass is 16.3. The standard InChI is InChI=1S/C70H58N2O3/c1-43-21-9-15-37-59(43)71(61-39-19-35-55-53-33-17-31-47(65(53)74-69(55)61)45-23-5-3-6-24-45)63-41-57-58-42-64(50-28-12-14-30-52(50)68(58)73-67(57)51-29-13-11-27-49(51)63)72(60-38-16-10-22-44(60)2)62-40-20-36-56-54-34-18-32-48(66(54)75-70(56)62)46-25-7-4-8-26-46/h9-22,27-42,45-46H,3-8,23-26H2,1-2H3. The zero-order valence-electron chi connectivity index (χ0n) is 42.7. The molecule has 366 valence electrons. The van der Waals surface area contributed by atoms with Gasteiger partial charge >= 0.3 is 0 Å². The molecular formula is C70H58N2O3. The molecule has 13 aromatic rings. The first-order chi connectivity index (χ1) is 37.1. The van der Waals surface area contributed by atoms with E-state index in [0.717, 1.165) is 111 Å². The number of furan rings is 3. The maximum atomic E-state index is 7.31. The molecule has 5 nitrogen and oxygen atoms in total. The van der Waals surface area contributed by atoms with Gasteiger partial charge in [-0.3, -0.25) is 0 Å². The summed E-state index contributed by atoms with van der Waals surface area (Å²) in [4.78, 5) is 4.90. The summed E-state index contributed by atoms with van der Waals surface area (Å²) in [5, 5.41) is 11.0. The van der Waals surface area contributed by atoms with Gasteiger partial charge in [-0.1, -0.05) is 184 Å². The van der Waals surface area contributed by atoms with Crippen molar-refractivity contribution in [2.45, 2.75) is 89.9 Å². The van der Waals surface area contributed by atoms with Gasteiger partial charge in [-0.2, -0.15) is 0 Å². The smallest absolute Gasteiger partial charge is 0.159 e. The maximum Gasteiger partial charge on any atom is 0.159 e. The van der Waals surface area contributed by atoms with Crippen LogP contribution in [-0.4, -0.2) is 0 Å². The van der Waals surface area contributed by atoms with Crippen LogP contribution < -0.4 is 9.80 Å². The Hall–Kier alpha value is -8.28. The lowest BCUT2D eigenvalue weighted by molar-refractivity contribution is 0.442. The van der Waals surface area contributed by atoms with Crippen LogP contribution in [0.15, 0.2) is 195 Å². The number of rotatable bonds is 8. The number of anilines is 6. The van der Waals surface area contributed by atoms with Crippen molar-refractivity contribution < 1.29 is 13.3 Å². The summed E-state index contributed by atoms with van der Waals surface area (Å²) in [5.41, 5.74) is 16.9. The quantitative estimate of drug-likeness (QED) is 0.152. The van der Waals surface area contributed by atoms with Gasteiger partial charge < -0.3 is 23.1 Å². The van der Waals surface area contributed by atoms with Crippen molar-refractivity contribution in [1.82, 2.24) is 0 Å². The molecule has 15 rings (SSSR count). The number of aryl methyl sites for hydroxylation is 2. The van der Waals surface area contributed by atoms with Crippen molar-refractivity contribution >= 4 is 121 Å². The van der Waals surface area contributed by atoms with Crippen LogP contribution in [0.3, 0.4) is 0 Å². The second kappa shape index (κ2) is 17.7. The lowest BCUT2D eigenvalue weighted by atomic mass is 9.83. The molecule has 3 aromatic heterocycles. The molecule has 0 unspecified atom stereocenters. The van der Waals surface area contributed by atoms with Crippen LogP contribution in [0.4, 0.5) is 34.1 Å². The molecule has 0 bridgehead atoms. The van der Waals surface area contributed by atoms with Crippen molar-refractivity contribution in [3.63, 3.8) is 0 Å². The summed E-state index contributed by atoms with van der Waals surface area (Å²) >= 11 is 0. The monoisotopic (exact) mass is 974 g/mol. The summed E-state index contributed by atoms with van der Waals surface area (Å²) in [5.74, 6) is 1.01. The third-order valence-corrected chi connectivity index (χ3v) is 17.3. The Morgan fingerprint density at radius 2 is 0.600 bits per heavy atom. The molecule has 5 heteroatoms. The third kappa shape index (κ3) is 6.97. The SMILES string of the molecule is Cc1ccccc1N(c1cc2c3cc(N(c4ccccc4C)c4cccc5c4oc4c(C6CCCCC6)cccc45)c4ccccc4c3oc2c2ccccc12)c1cccc2c1oc1c(C3CCCCC3)cccc12. The Labute approximate surface area is 436 Å². The fourth-order valence-corrected chi connectivity index (χ4v) is 13.6. The van der Waals surface area contributed by atoms with E-state index >= 15 is 0 Å². The molecule has 0 aliphatic heterocycles. The molecule has 75 heavy (non-hydrogen) atoms. The molecule has 2 fully saturated rings. The Morgan fingerprint density at radius 3 is 1.03 bits per heavy atom. The van der Waals surface area contributed by atoms with E-state index in [1.165, 1.54) is 97.2 Å². The predicted octanol–water partition coefficient (Wildman–Crippen LogP) is 21.3. The number of hydrogen-bond donors (Lipinski definition) is 0. The molecule has 2 aliphatic carbocycles. The van der Waals surface area contributed by atoms with Crippen molar-refractivity contribution in [2.24, 2.45) is 0 Å². The van der Waals surface area contributed by atoms with Gasteiger partial charge in [0.25, 0.3) is 0 Å². The van der Waals surface area contributed by atoms with Crippen LogP contribution in [0, 0.1) is 13.8 Å². The van der Waals surface area contributed by atoms with Crippen LogP contribution in [0.5, 0.6) is 0 Å². The van der Waals surface area contributed by atoms with Crippen LogP contribution in [0.1, 0.15) is 98.3 Å². The first-order valence-corrected chi connectivity index (χ1v) is 27.5. The minimum atomic E-state index is 0.507. The summed E-state index contributed by atoms with van der Waals surface area (Å²) in [6, 6.07) is 66.8.